The lowest BCUT2D eigenvalue weighted by molar-refractivity contribution is 0.201. The molecule has 4 atom stereocenters. The number of nitrogens with one attached hydrogen (secondary N) is 2. The first-order valence-corrected chi connectivity index (χ1v) is 8.53. The molecule has 1 aromatic rings. The molecule has 1 saturated carbocycles. The van der Waals surface area contributed by atoms with Gasteiger partial charge in [-0.25, -0.2) is 0 Å². The lowest BCUT2D eigenvalue weighted by Crippen LogP contribution is -2.48. The summed E-state index contributed by atoms with van der Waals surface area (Å²) >= 11 is 0. The number of hydrogen-bond acceptors (Lipinski definition) is 3. The van der Waals surface area contributed by atoms with Gasteiger partial charge in [-0.2, -0.15) is 0 Å². The topological polar surface area (TPSA) is 44.3 Å². The maximum Gasteiger partial charge on any atom is 0.0626 e. The number of hydrogen-bond donors (Lipinski definition) is 3. The Labute approximate surface area is 128 Å². The zero-order valence-electron chi connectivity index (χ0n) is 12.8. The fraction of sp³-hybridized carbons (Fsp3) is 0.667. The predicted molar refractivity (Wildman–Crippen MR) is 86.2 cm³/mol. The summed E-state index contributed by atoms with van der Waals surface area (Å²) in [6.45, 7) is 1.35. The first-order chi connectivity index (χ1) is 10.4. The third-order valence-corrected chi connectivity index (χ3v) is 5.23. The molecule has 3 unspecified atom stereocenters. The lowest BCUT2D eigenvalue weighted by Gasteiger charge is -2.34. The second kappa shape index (κ2) is 7.39. The van der Waals surface area contributed by atoms with E-state index in [2.05, 4.69) is 34.9 Å². The smallest absolute Gasteiger partial charge is 0.0626 e. The zero-order chi connectivity index (χ0) is 14.5. The summed E-state index contributed by atoms with van der Waals surface area (Å²) in [5, 5.41) is 17.2. The number of benzene rings is 1. The van der Waals surface area contributed by atoms with Crippen LogP contribution in [0.2, 0.25) is 0 Å². The van der Waals surface area contributed by atoms with Crippen LogP contribution in [0.15, 0.2) is 30.3 Å². The molecule has 0 bridgehead atoms. The first-order valence-electron chi connectivity index (χ1n) is 8.53. The molecule has 21 heavy (non-hydrogen) atoms. The van der Waals surface area contributed by atoms with Gasteiger partial charge in [-0.3, -0.25) is 0 Å². The SMILES string of the molecule is OC[C@@H](NC1CCCC1C1CCCCN1)c1ccccc1. The van der Waals surface area contributed by atoms with Crippen LogP contribution in [0.1, 0.15) is 50.1 Å². The maximum absolute atomic E-state index is 9.76. The van der Waals surface area contributed by atoms with Gasteiger partial charge < -0.3 is 15.7 Å². The minimum absolute atomic E-state index is 0.0698. The van der Waals surface area contributed by atoms with Crippen molar-refractivity contribution in [3.63, 3.8) is 0 Å². The quantitative estimate of drug-likeness (QED) is 0.780. The van der Waals surface area contributed by atoms with Gasteiger partial charge in [-0.15, -0.1) is 0 Å². The van der Waals surface area contributed by atoms with Crippen molar-refractivity contribution in [1.29, 1.82) is 0 Å². The maximum atomic E-state index is 9.76. The molecular formula is C18H28N2O. The Kier molecular flexibility index (Phi) is 5.28. The predicted octanol–water partition coefficient (Wildman–Crippen LogP) is 2.62. The number of aliphatic hydroxyl groups excluding tert-OH is 1. The first kappa shape index (κ1) is 15.0. The number of rotatable bonds is 5. The minimum Gasteiger partial charge on any atom is -0.394 e. The van der Waals surface area contributed by atoms with Crippen molar-refractivity contribution in [1.82, 2.24) is 10.6 Å². The van der Waals surface area contributed by atoms with Gasteiger partial charge in [0.2, 0.25) is 0 Å². The van der Waals surface area contributed by atoms with Crippen LogP contribution in [0.25, 0.3) is 0 Å². The molecule has 1 aromatic carbocycles. The minimum atomic E-state index is 0.0698. The van der Waals surface area contributed by atoms with Crippen molar-refractivity contribution in [2.75, 3.05) is 13.2 Å². The van der Waals surface area contributed by atoms with Crippen molar-refractivity contribution in [2.24, 2.45) is 5.92 Å². The van der Waals surface area contributed by atoms with E-state index in [4.69, 9.17) is 0 Å². The largest absolute Gasteiger partial charge is 0.394 e. The molecule has 0 aromatic heterocycles. The van der Waals surface area contributed by atoms with Gasteiger partial charge in [0.1, 0.15) is 0 Å². The fourth-order valence-electron chi connectivity index (χ4n) is 4.12. The van der Waals surface area contributed by atoms with Crippen LogP contribution in [0.5, 0.6) is 0 Å². The highest BCUT2D eigenvalue weighted by atomic mass is 16.3. The Bertz CT molecular complexity index is 416. The van der Waals surface area contributed by atoms with Gasteiger partial charge in [0.25, 0.3) is 0 Å². The highest BCUT2D eigenvalue weighted by Crippen LogP contribution is 2.33. The van der Waals surface area contributed by atoms with Crippen LogP contribution in [0, 0.1) is 5.92 Å². The summed E-state index contributed by atoms with van der Waals surface area (Å²) < 4.78 is 0. The standard InChI is InChI=1S/C18H28N2O/c21-13-18(14-7-2-1-3-8-14)20-17-11-6-9-15(17)16-10-4-5-12-19-16/h1-3,7-8,15-21H,4-6,9-13H2/t15?,16?,17?,18-/m1/s1. The van der Waals surface area contributed by atoms with Gasteiger partial charge in [0, 0.05) is 12.1 Å². The number of piperidine rings is 1. The average Bonchev–Trinajstić information content (AvgIpc) is 3.02. The summed E-state index contributed by atoms with van der Waals surface area (Å²) in [6.07, 6.45) is 7.88. The second-order valence-electron chi connectivity index (χ2n) is 6.57. The molecule has 116 valence electrons. The van der Waals surface area contributed by atoms with Crippen molar-refractivity contribution in [3.05, 3.63) is 35.9 Å². The molecule has 2 aliphatic rings. The second-order valence-corrected chi connectivity index (χ2v) is 6.57. The monoisotopic (exact) mass is 288 g/mol. The molecular weight excluding hydrogens is 260 g/mol. The summed E-state index contributed by atoms with van der Waals surface area (Å²) in [7, 11) is 0. The van der Waals surface area contributed by atoms with E-state index in [0.717, 1.165) is 5.92 Å². The van der Waals surface area contributed by atoms with Crippen molar-refractivity contribution in [3.8, 4) is 0 Å². The summed E-state index contributed by atoms with van der Waals surface area (Å²) in [5.74, 6) is 0.725. The van der Waals surface area contributed by atoms with Crippen molar-refractivity contribution >= 4 is 0 Å². The highest BCUT2D eigenvalue weighted by molar-refractivity contribution is 5.19. The van der Waals surface area contributed by atoms with Gasteiger partial charge in [-0.05, 0) is 43.7 Å². The molecule has 1 aliphatic carbocycles. The molecule has 3 nitrogen and oxygen atoms in total. The zero-order valence-corrected chi connectivity index (χ0v) is 12.8. The van der Waals surface area contributed by atoms with E-state index in [0.29, 0.717) is 12.1 Å². The third kappa shape index (κ3) is 3.65. The van der Waals surface area contributed by atoms with Crippen LogP contribution >= 0.6 is 0 Å². The molecule has 3 heteroatoms. The molecule has 3 N–H and O–H groups in total. The van der Waals surface area contributed by atoms with E-state index >= 15 is 0 Å². The normalized spacial score (nSPS) is 31.2. The van der Waals surface area contributed by atoms with Gasteiger partial charge >= 0.3 is 0 Å². The summed E-state index contributed by atoms with van der Waals surface area (Å²) in [4.78, 5) is 0. The summed E-state index contributed by atoms with van der Waals surface area (Å²) in [6, 6.07) is 11.6. The van der Waals surface area contributed by atoms with E-state index in [1.165, 1.54) is 50.6 Å². The molecule has 2 fully saturated rings. The molecule has 0 spiro atoms. The lowest BCUT2D eigenvalue weighted by atomic mass is 9.87. The van der Waals surface area contributed by atoms with E-state index in [1.807, 2.05) is 6.07 Å². The third-order valence-electron chi connectivity index (χ3n) is 5.23. The van der Waals surface area contributed by atoms with Crippen LogP contribution in [-0.4, -0.2) is 30.3 Å². The van der Waals surface area contributed by atoms with Crippen molar-refractivity contribution < 1.29 is 5.11 Å². The highest BCUT2D eigenvalue weighted by Gasteiger charge is 2.35. The van der Waals surface area contributed by atoms with Crippen LogP contribution in [0.4, 0.5) is 0 Å². The Hall–Kier alpha value is -0.900. The molecule has 1 saturated heterocycles. The van der Waals surface area contributed by atoms with E-state index < -0.39 is 0 Å². The van der Waals surface area contributed by atoms with Gasteiger partial charge in [-0.1, -0.05) is 43.2 Å². The Morgan fingerprint density at radius 2 is 1.95 bits per heavy atom. The van der Waals surface area contributed by atoms with Crippen molar-refractivity contribution in [2.45, 2.75) is 56.7 Å². The van der Waals surface area contributed by atoms with Gasteiger partial charge in [0.15, 0.2) is 0 Å². The number of aliphatic hydroxyl groups is 1. The van der Waals surface area contributed by atoms with Crippen LogP contribution < -0.4 is 10.6 Å². The van der Waals surface area contributed by atoms with E-state index in [-0.39, 0.29) is 12.6 Å². The molecule has 0 amide bonds. The summed E-state index contributed by atoms with van der Waals surface area (Å²) in [5.41, 5.74) is 1.20. The molecule has 0 radical (unpaired) electrons. The van der Waals surface area contributed by atoms with E-state index in [1.54, 1.807) is 0 Å². The Morgan fingerprint density at radius 1 is 1.10 bits per heavy atom. The molecule has 1 aliphatic heterocycles. The van der Waals surface area contributed by atoms with Crippen LogP contribution in [-0.2, 0) is 0 Å². The molecule has 3 rings (SSSR count). The van der Waals surface area contributed by atoms with Crippen LogP contribution in [0.3, 0.4) is 0 Å². The Balaban J connectivity index is 1.64. The van der Waals surface area contributed by atoms with E-state index in [9.17, 15) is 5.11 Å². The fourth-order valence-corrected chi connectivity index (χ4v) is 4.12. The van der Waals surface area contributed by atoms with Gasteiger partial charge in [0.05, 0.1) is 12.6 Å². The molecule has 1 heterocycles. The average molecular weight is 288 g/mol. The Morgan fingerprint density at radius 3 is 2.67 bits per heavy atom.